The van der Waals surface area contributed by atoms with Gasteiger partial charge in [-0.1, -0.05) is 97.4 Å². The molecule has 8 rings (SSSR count). The molecule has 11 atom stereocenters. The largest absolute Gasteiger partial charge is 0.509 e. The molecule has 4 aromatic rings. The van der Waals surface area contributed by atoms with Gasteiger partial charge in [0.05, 0.1) is 29.8 Å². The van der Waals surface area contributed by atoms with Crippen molar-refractivity contribution in [1.82, 2.24) is 10.3 Å². The van der Waals surface area contributed by atoms with E-state index in [1.54, 1.807) is 105 Å². The van der Waals surface area contributed by atoms with Crippen molar-refractivity contribution in [2.24, 2.45) is 16.7 Å². The van der Waals surface area contributed by atoms with Gasteiger partial charge in [0, 0.05) is 48.6 Å². The maximum atomic E-state index is 15.8. The van der Waals surface area contributed by atoms with Gasteiger partial charge < -0.3 is 48.7 Å². The van der Waals surface area contributed by atoms with Gasteiger partial charge in [0.2, 0.25) is 6.10 Å². The maximum absolute atomic E-state index is 15.8. The third kappa shape index (κ3) is 10.9. The number of carbonyl (C=O) groups excluding carboxylic acids is 7. The predicted molar refractivity (Wildman–Crippen MR) is 275 cm³/mol. The highest BCUT2D eigenvalue weighted by Gasteiger charge is 2.77. The first-order valence-corrected chi connectivity index (χ1v) is 27.0. The zero-order chi connectivity index (χ0) is 54.6. The molecule has 0 radical (unpaired) electrons. The van der Waals surface area contributed by atoms with E-state index in [-0.39, 0.29) is 47.7 Å². The van der Waals surface area contributed by atoms with Gasteiger partial charge in [0.15, 0.2) is 17.7 Å². The van der Waals surface area contributed by atoms with Crippen LogP contribution in [0.5, 0.6) is 0 Å². The molecular weight excluding hydrogens is 1020 g/mol. The topological polar surface area (TPSA) is 249 Å². The van der Waals surface area contributed by atoms with Gasteiger partial charge in [0.1, 0.15) is 47.7 Å². The van der Waals surface area contributed by atoms with E-state index in [1.165, 1.54) is 54.5 Å². The fourth-order valence-electron chi connectivity index (χ4n) is 11.1. The Bertz CT molecular complexity index is 2840. The number of pyridine rings is 1. The summed E-state index contributed by atoms with van der Waals surface area (Å²) in [5.74, 6) is -6.27. The van der Waals surface area contributed by atoms with Crippen LogP contribution in [-0.2, 0) is 52.3 Å². The highest BCUT2D eigenvalue weighted by atomic mass is 33.1. The molecule has 1 aliphatic heterocycles. The zero-order valence-electron chi connectivity index (χ0n) is 42.7. The molecule has 1 amide bonds. The number of esters is 3. The minimum atomic E-state index is -2.45. The van der Waals surface area contributed by atoms with Gasteiger partial charge in [-0.3, -0.25) is 19.2 Å². The number of ketones is 2. The van der Waals surface area contributed by atoms with Gasteiger partial charge in [0.25, 0.3) is 5.91 Å². The first-order valence-electron chi connectivity index (χ1n) is 24.7. The van der Waals surface area contributed by atoms with Crippen molar-refractivity contribution in [3.8, 4) is 0 Å². The van der Waals surface area contributed by atoms with E-state index in [1.807, 2.05) is 12.1 Å². The second-order valence-corrected chi connectivity index (χ2v) is 22.5. The lowest BCUT2D eigenvalue weighted by molar-refractivity contribution is -0.354. The van der Waals surface area contributed by atoms with Gasteiger partial charge in [-0.25, -0.2) is 19.4 Å². The molecule has 402 valence electrons. The lowest BCUT2D eigenvalue weighted by Crippen LogP contribution is -2.81. The molecule has 1 saturated heterocycles. The van der Waals surface area contributed by atoms with Crippen LogP contribution >= 0.6 is 21.6 Å². The van der Waals surface area contributed by atoms with E-state index < -0.39 is 125 Å². The number of benzene rings is 3. The number of nitrogens with zero attached hydrogens (tertiary/aromatic N) is 1. The summed E-state index contributed by atoms with van der Waals surface area (Å²) >= 11 is 0. The van der Waals surface area contributed by atoms with Crippen LogP contribution < -0.4 is 5.32 Å². The van der Waals surface area contributed by atoms with Gasteiger partial charge in [-0.05, 0) is 84.7 Å². The number of fused-ring (bicyclic) bond motifs is 5. The molecule has 2 saturated carbocycles. The Kier molecular flexibility index (Phi) is 16.9. The molecular formula is C56H60N2O16S2. The molecule has 20 heteroatoms. The quantitative estimate of drug-likeness (QED) is 0.0305. The predicted octanol–water partition coefficient (Wildman–Crippen LogP) is 6.77. The van der Waals surface area contributed by atoms with E-state index in [2.05, 4.69) is 10.3 Å². The summed E-state index contributed by atoms with van der Waals surface area (Å²) in [7, 11) is 2.71. The minimum Gasteiger partial charge on any atom is -0.455 e. The zero-order valence-corrected chi connectivity index (χ0v) is 44.3. The highest BCUT2D eigenvalue weighted by molar-refractivity contribution is 8.76. The first-order chi connectivity index (χ1) is 36.2. The van der Waals surface area contributed by atoms with Crippen LogP contribution in [-0.4, -0.2) is 130 Å². The van der Waals surface area contributed by atoms with Crippen LogP contribution in [0.25, 0.3) is 0 Å². The second kappa shape index (κ2) is 23.0. The number of rotatable bonds is 18. The number of ether oxygens (including phenoxy) is 7. The van der Waals surface area contributed by atoms with Crippen LogP contribution in [0, 0.1) is 16.7 Å². The SMILES string of the molecule is CC(=O)CO[C@@]12CO[C@@H]1C[C@H](O)[C@@]1(C)C(=O)[C@H](OC(C)=O)C3=C(C)[C@@H](OC(=O)[C@H](OC(=O)OCCSSc4ccccn4)[C@@H](NC(=O)c4ccccc4)c4ccccc4)C[C@@](O)([C@@H](OC(=O)c4ccccc4)[C@H]21)C3(C)C. The molecule has 3 aromatic carbocycles. The minimum absolute atomic E-state index is 0.0347. The number of aliphatic hydroxyl groups excluding tert-OH is 1. The molecule has 0 unspecified atom stereocenters. The van der Waals surface area contributed by atoms with E-state index >= 15 is 9.59 Å². The fraction of sp³-hybridized carbons (Fsp3) is 0.429. The molecule has 3 fully saturated rings. The number of nitrogens with one attached hydrogen (secondary N) is 1. The van der Waals surface area contributed by atoms with E-state index in [0.717, 1.165) is 11.9 Å². The summed E-state index contributed by atoms with van der Waals surface area (Å²) in [6.45, 7) is 7.52. The third-order valence-electron chi connectivity index (χ3n) is 15.1. The summed E-state index contributed by atoms with van der Waals surface area (Å²) in [5, 5.41) is 29.9. The number of carbonyl (C=O) groups is 7. The Morgan fingerprint density at radius 1 is 0.855 bits per heavy atom. The van der Waals surface area contributed by atoms with Gasteiger partial charge in [-0.15, -0.1) is 0 Å². The summed E-state index contributed by atoms with van der Waals surface area (Å²) in [4.78, 5) is 104. The molecule has 76 heavy (non-hydrogen) atoms. The molecule has 18 nitrogen and oxygen atoms in total. The molecule has 3 N–H and O–H groups in total. The Labute approximate surface area is 447 Å². The maximum Gasteiger partial charge on any atom is 0.509 e. The molecule has 4 aliphatic rings. The summed E-state index contributed by atoms with van der Waals surface area (Å²) < 4.78 is 42.8. The molecule has 0 spiro atoms. The number of aromatic nitrogens is 1. The normalized spacial score (nSPS) is 28.0. The van der Waals surface area contributed by atoms with Gasteiger partial charge >= 0.3 is 24.1 Å². The van der Waals surface area contributed by atoms with Crippen LogP contribution in [0.4, 0.5) is 4.79 Å². The third-order valence-corrected chi connectivity index (χ3v) is 17.3. The van der Waals surface area contributed by atoms with E-state index in [9.17, 15) is 34.2 Å². The van der Waals surface area contributed by atoms with Crippen LogP contribution in [0.15, 0.2) is 132 Å². The van der Waals surface area contributed by atoms with Crippen molar-refractivity contribution in [2.45, 2.75) is 113 Å². The number of hydrogen-bond acceptors (Lipinski definition) is 19. The standard InChI is InChI=1S/C56H60N2O16S2/c1-32(59)30-70-55-31-69-40(55)28-39(61)54(6)46(55)48(74-50(64)37-22-14-9-15-23-37)56(67)29-38(33(2)42(53(56,4)5)44(47(54)62)71-34(3)60)72-51(65)45(73-52(66)68-26-27-75-76-41-24-16-17-25-57-41)43(35-18-10-7-11-19-35)58-49(63)36-20-12-8-13-21-36/h7-25,38-40,43-46,48,61,67H,26-31H2,1-6H3,(H,58,63)/t38-,39-,40+,43-,44+,45+,46-,48-,54+,55-,56+/m0/s1. The smallest absolute Gasteiger partial charge is 0.455 e. The van der Waals surface area contributed by atoms with Gasteiger partial charge in [-0.2, -0.15) is 0 Å². The fourth-order valence-corrected chi connectivity index (χ4v) is 12.8. The lowest BCUT2D eigenvalue weighted by atomic mass is 9.44. The molecule has 1 aromatic heterocycles. The molecule has 2 bridgehead atoms. The number of Topliss-reactive ketones (excluding diaryl/α,β-unsaturated/α-hetero) is 2. The molecule has 3 aliphatic carbocycles. The number of amides is 1. The number of hydrogen-bond donors (Lipinski definition) is 3. The van der Waals surface area contributed by atoms with Crippen molar-refractivity contribution in [3.05, 3.63) is 143 Å². The second-order valence-electron chi connectivity index (χ2n) is 20.0. The van der Waals surface area contributed by atoms with Crippen molar-refractivity contribution >= 4 is 63.1 Å². The van der Waals surface area contributed by atoms with Crippen molar-refractivity contribution in [3.63, 3.8) is 0 Å². The van der Waals surface area contributed by atoms with E-state index in [4.69, 9.17) is 33.2 Å². The average Bonchev–Trinajstić information content (AvgIpc) is 3.58. The average molecular weight is 1080 g/mol. The molecule has 2 heterocycles. The number of aliphatic hydroxyl groups is 2. The summed E-state index contributed by atoms with van der Waals surface area (Å²) in [6.07, 6.45) is -10.3. The Morgan fingerprint density at radius 3 is 2.11 bits per heavy atom. The van der Waals surface area contributed by atoms with E-state index in [0.29, 0.717) is 5.56 Å². The van der Waals surface area contributed by atoms with Crippen molar-refractivity contribution in [1.29, 1.82) is 0 Å². The summed E-state index contributed by atoms with van der Waals surface area (Å²) in [5.41, 5.74) is -7.26. The monoisotopic (exact) mass is 1080 g/mol. The first kappa shape index (κ1) is 55.8. The summed E-state index contributed by atoms with van der Waals surface area (Å²) in [6, 6.07) is 28.2. The Morgan fingerprint density at radius 2 is 1.50 bits per heavy atom. The van der Waals surface area contributed by atoms with Crippen molar-refractivity contribution in [2.75, 3.05) is 25.6 Å². The van der Waals surface area contributed by atoms with Crippen LogP contribution in [0.1, 0.15) is 86.7 Å². The van der Waals surface area contributed by atoms with Crippen LogP contribution in [0.2, 0.25) is 0 Å². The Hall–Kier alpha value is -6.42. The van der Waals surface area contributed by atoms with Crippen LogP contribution in [0.3, 0.4) is 0 Å². The van der Waals surface area contributed by atoms with Crippen molar-refractivity contribution < 1.29 is 76.9 Å². The Balaban J connectivity index is 1.24. The lowest BCUT2D eigenvalue weighted by Gasteiger charge is -2.68. The highest BCUT2D eigenvalue weighted by Crippen LogP contribution is 2.64.